The van der Waals surface area contributed by atoms with Gasteiger partial charge in [0.15, 0.2) is 5.82 Å². The van der Waals surface area contributed by atoms with Crippen molar-refractivity contribution in [1.29, 1.82) is 0 Å². The Hall–Kier alpha value is -4.14. The number of urea groups is 1. The smallest absolute Gasteiger partial charge is 0.323 e. The Morgan fingerprint density at radius 3 is 1.73 bits per heavy atom. The number of morpholine rings is 2. The van der Waals surface area contributed by atoms with Crippen LogP contribution < -0.4 is 25.3 Å². The number of halogens is 2. The van der Waals surface area contributed by atoms with E-state index in [1.165, 1.54) is 0 Å². The first-order chi connectivity index (χ1) is 23.8. The van der Waals surface area contributed by atoms with Gasteiger partial charge in [0.1, 0.15) is 12.3 Å². The number of alkyl halides is 2. The highest BCUT2D eigenvalue weighted by atomic mass is 19.1. The number of ether oxygens (including phenoxy) is 2. The number of amides is 2. The first kappa shape index (κ1) is 32.1. The van der Waals surface area contributed by atoms with Crippen LogP contribution in [0.2, 0.25) is 0 Å². The number of anilines is 5. The van der Waals surface area contributed by atoms with E-state index in [1.54, 1.807) is 12.1 Å². The van der Waals surface area contributed by atoms with Crippen LogP contribution in [0.1, 0.15) is 26.7 Å². The van der Waals surface area contributed by atoms with E-state index in [0.29, 0.717) is 66.8 Å². The summed E-state index contributed by atoms with van der Waals surface area (Å²) in [6, 6.07) is 14.0. The lowest BCUT2D eigenvalue weighted by Crippen LogP contribution is -2.50. The van der Waals surface area contributed by atoms with Gasteiger partial charge >= 0.3 is 6.03 Å². The topological polar surface area (TPSA) is 111 Å². The number of nitrogens with zero attached hydrogens (tertiary/aromatic N) is 7. The van der Waals surface area contributed by atoms with Crippen LogP contribution in [0.3, 0.4) is 0 Å². The first-order valence-corrected chi connectivity index (χ1v) is 17.3. The second-order valence-corrected chi connectivity index (χ2v) is 13.9. The van der Waals surface area contributed by atoms with Crippen LogP contribution >= 0.6 is 0 Å². The first-order valence-electron chi connectivity index (χ1n) is 17.3. The van der Waals surface area contributed by atoms with Gasteiger partial charge in [-0.25, -0.2) is 13.6 Å². The molecular weight excluding hydrogens is 632 g/mol. The lowest BCUT2D eigenvalue weighted by molar-refractivity contribution is 0.0810. The summed E-state index contributed by atoms with van der Waals surface area (Å²) in [5.74, 6) is 1.12. The summed E-state index contributed by atoms with van der Waals surface area (Å²) in [5, 5.41) is 5.80. The van der Waals surface area contributed by atoms with Gasteiger partial charge in [-0.1, -0.05) is 0 Å². The van der Waals surface area contributed by atoms with Crippen LogP contribution in [0.25, 0.3) is 11.4 Å². The minimum atomic E-state index is -1.05. The van der Waals surface area contributed by atoms with Crippen LogP contribution in [-0.2, 0) is 9.47 Å². The highest BCUT2D eigenvalue weighted by Crippen LogP contribution is 2.38. The molecule has 5 fully saturated rings. The maximum absolute atomic E-state index is 15.0. The van der Waals surface area contributed by atoms with E-state index in [9.17, 15) is 13.6 Å². The minimum absolute atomic E-state index is 0.186. The van der Waals surface area contributed by atoms with Crippen LogP contribution in [-0.4, -0.2) is 121 Å². The van der Waals surface area contributed by atoms with E-state index in [0.717, 1.165) is 31.9 Å². The summed E-state index contributed by atoms with van der Waals surface area (Å²) in [6.07, 6.45) is -1.41. The zero-order valence-corrected chi connectivity index (χ0v) is 27.8. The van der Waals surface area contributed by atoms with Gasteiger partial charge in [-0.05, 0) is 62.4 Å². The van der Waals surface area contributed by atoms with Crippen LogP contribution in [0.15, 0.2) is 48.5 Å². The predicted octanol–water partition coefficient (Wildman–Crippen LogP) is 4.34. The molecule has 0 spiro atoms. The number of hydrogen-bond donors (Lipinski definition) is 2. The Bertz CT molecular complexity index is 1590. The standard InChI is InChI=1S/C35H43F2N9O3/c1-21(2)43-11-13-44(14-12-43)25-9-7-24(8-10-25)39-35(47)38-23-5-3-22(4-6-23)32-40-33(45-26-15-28(36)30(45)19-48-17-26)42-34(41-32)46-27-16-29(37)31(46)20-49-18-27/h3-10,21,26-31H,11-20H2,1-2H3,(H2,38,39,47)/t26-,27-,28+,29+,30-,31-/m0/s1. The molecule has 2 aromatic carbocycles. The van der Waals surface area contributed by atoms with Crippen molar-refractivity contribution < 1.29 is 23.0 Å². The monoisotopic (exact) mass is 675 g/mol. The van der Waals surface area contributed by atoms with E-state index in [-0.39, 0.29) is 31.3 Å². The van der Waals surface area contributed by atoms with Crippen LogP contribution in [0.4, 0.5) is 42.5 Å². The number of carbonyl (C=O) groups excluding carboxylic acids is 1. The lowest BCUT2D eigenvalue weighted by atomic mass is 10.2. The fourth-order valence-corrected chi connectivity index (χ4v) is 7.85. The van der Waals surface area contributed by atoms with Gasteiger partial charge in [0, 0.05) is 67.7 Å². The molecule has 0 unspecified atom stereocenters. The van der Waals surface area contributed by atoms with E-state index in [1.807, 2.05) is 46.2 Å². The maximum Gasteiger partial charge on any atom is 0.323 e. The maximum atomic E-state index is 15.0. The minimum Gasteiger partial charge on any atom is -0.377 e. The third kappa shape index (κ3) is 6.37. The zero-order chi connectivity index (χ0) is 33.6. The summed E-state index contributed by atoms with van der Waals surface area (Å²) in [6.45, 7) is 9.80. The van der Waals surface area contributed by atoms with Crippen LogP contribution in [0, 0.1) is 0 Å². The zero-order valence-electron chi connectivity index (χ0n) is 27.8. The third-order valence-corrected chi connectivity index (χ3v) is 10.5. The second kappa shape index (κ2) is 13.3. The Morgan fingerprint density at radius 2 is 1.24 bits per heavy atom. The van der Waals surface area contributed by atoms with E-state index >= 15 is 0 Å². The molecule has 4 bridgehead atoms. The molecule has 6 atom stereocenters. The van der Waals surface area contributed by atoms with Gasteiger partial charge in [0.05, 0.1) is 50.6 Å². The molecule has 260 valence electrons. The fraction of sp³-hybridized carbons (Fsp3) is 0.543. The summed E-state index contributed by atoms with van der Waals surface area (Å²) in [5.41, 5.74) is 3.12. The van der Waals surface area contributed by atoms with E-state index in [2.05, 4.69) is 34.3 Å². The highest BCUT2D eigenvalue weighted by molar-refractivity contribution is 6.00. The van der Waals surface area contributed by atoms with E-state index < -0.39 is 24.4 Å². The van der Waals surface area contributed by atoms with Crippen molar-refractivity contribution in [2.75, 3.05) is 77.9 Å². The van der Waals surface area contributed by atoms with Gasteiger partial charge in [0.25, 0.3) is 0 Å². The normalized spacial score (nSPS) is 28.3. The number of benzene rings is 2. The van der Waals surface area contributed by atoms with Crippen LogP contribution in [0.5, 0.6) is 0 Å². The van der Waals surface area contributed by atoms with Gasteiger partial charge in [0.2, 0.25) is 11.9 Å². The number of carbonyl (C=O) groups is 1. The summed E-state index contributed by atoms with van der Waals surface area (Å²) in [4.78, 5) is 36.0. The number of rotatable bonds is 7. The molecule has 0 aliphatic carbocycles. The number of fused-ring (bicyclic) bond motifs is 4. The lowest BCUT2D eigenvalue weighted by Gasteiger charge is -2.38. The average molecular weight is 676 g/mol. The molecular formula is C35H43F2N9O3. The quantitative estimate of drug-likeness (QED) is 0.375. The van der Waals surface area contributed by atoms with Gasteiger partial charge in [-0.3, -0.25) is 4.90 Å². The molecule has 0 radical (unpaired) electrons. The molecule has 1 aromatic heterocycles. The van der Waals surface area contributed by atoms with Crippen molar-refractivity contribution in [1.82, 2.24) is 19.9 Å². The summed E-state index contributed by atoms with van der Waals surface area (Å²) < 4.78 is 41.3. The molecule has 2 N–H and O–H groups in total. The van der Waals surface area contributed by atoms with Crippen molar-refractivity contribution in [3.8, 4) is 11.4 Å². The van der Waals surface area contributed by atoms with Gasteiger partial charge in [-0.2, -0.15) is 15.0 Å². The molecule has 14 heteroatoms. The summed E-state index contributed by atoms with van der Waals surface area (Å²) >= 11 is 0. The molecule has 0 saturated carbocycles. The Labute approximate surface area is 284 Å². The van der Waals surface area contributed by atoms with E-state index in [4.69, 9.17) is 24.4 Å². The van der Waals surface area contributed by atoms with Gasteiger partial charge < -0.3 is 34.8 Å². The molecule has 49 heavy (non-hydrogen) atoms. The fourth-order valence-electron chi connectivity index (χ4n) is 7.85. The SMILES string of the molecule is CC(C)N1CCN(c2ccc(NC(=O)Nc3ccc(-c4nc(N5[C@@H]6COC[C@H]5[C@H](F)C6)nc(N5[C@@H]6COC[C@H]5[C@H](F)C6)n4)cc3)cc2)CC1. The van der Waals surface area contributed by atoms with Gasteiger partial charge in [-0.15, -0.1) is 0 Å². The van der Waals surface area contributed by atoms with Crippen molar-refractivity contribution in [2.45, 2.75) is 69.2 Å². The number of hydrogen-bond acceptors (Lipinski definition) is 10. The molecule has 6 heterocycles. The average Bonchev–Trinajstić information content (AvgIpc) is 3.42. The molecule has 12 nitrogen and oxygen atoms in total. The summed E-state index contributed by atoms with van der Waals surface area (Å²) in [7, 11) is 0. The number of nitrogens with one attached hydrogen (secondary N) is 2. The Kier molecular flexibility index (Phi) is 8.70. The third-order valence-electron chi connectivity index (χ3n) is 10.5. The van der Waals surface area contributed by atoms with Crippen molar-refractivity contribution in [3.05, 3.63) is 48.5 Å². The molecule has 5 aliphatic heterocycles. The van der Waals surface area contributed by atoms with Crippen molar-refractivity contribution >= 4 is 35.0 Å². The Balaban J connectivity index is 0.973. The molecule has 5 saturated heterocycles. The highest BCUT2D eigenvalue weighted by Gasteiger charge is 2.49. The second-order valence-electron chi connectivity index (χ2n) is 13.9. The number of aromatic nitrogens is 3. The molecule has 2 amide bonds. The molecule has 3 aromatic rings. The predicted molar refractivity (Wildman–Crippen MR) is 184 cm³/mol. The largest absolute Gasteiger partial charge is 0.377 e. The molecule has 5 aliphatic rings. The van der Waals surface area contributed by atoms with Crippen molar-refractivity contribution in [2.24, 2.45) is 0 Å². The number of piperazine rings is 1. The van der Waals surface area contributed by atoms with Crippen molar-refractivity contribution in [3.63, 3.8) is 0 Å². The molecule has 8 rings (SSSR count). The Morgan fingerprint density at radius 1 is 0.735 bits per heavy atom.